The molecule has 0 aliphatic rings. The molecule has 0 radical (unpaired) electrons. The summed E-state index contributed by atoms with van der Waals surface area (Å²) >= 11 is 0. The van der Waals surface area contributed by atoms with Crippen LogP contribution in [0.5, 0.6) is 0 Å². The number of aromatic amines is 1. The van der Waals surface area contributed by atoms with Gasteiger partial charge in [0, 0.05) is 5.56 Å². The summed E-state index contributed by atoms with van der Waals surface area (Å²) in [5.74, 6) is -0.169. The van der Waals surface area contributed by atoms with E-state index >= 15 is 0 Å². The van der Waals surface area contributed by atoms with E-state index in [1.165, 1.54) is 6.92 Å². The van der Waals surface area contributed by atoms with Crippen LogP contribution in [0.25, 0.3) is 0 Å². The van der Waals surface area contributed by atoms with Gasteiger partial charge in [-0.05, 0) is 13.8 Å². The highest BCUT2D eigenvalue weighted by Crippen LogP contribution is 2.28. The van der Waals surface area contributed by atoms with E-state index in [-0.39, 0.29) is 5.82 Å². The molecule has 1 rings (SSSR count). The number of H-pyrrole nitrogens is 1. The summed E-state index contributed by atoms with van der Waals surface area (Å²) < 4.78 is 37.2. The normalized spacial score (nSPS) is 14.0. The van der Waals surface area contributed by atoms with Gasteiger partial charge in [-0.15, -0.1) is 0 Å². The van der Waals surface area contributed by atoms with Gasteiger partial charge in [-0.1, -0.05) is 0 Å². The number of nitrogens with zero attached hydrogens (tertiary/aromatic N) is 1. The summed E-state index contributed by atoms with van der Waals surface area (Å²) in [5.41, 5.74) is 2.90. The van der Waals surface area contributed by atoms with Crippen LogP contribution in [0, 0.1) is 6.92 Å². The van der Waals surface area contributed by atoms with Crippen molar-refractivity contribution in [1.82, 2.24) is 9.97 Å². The number of rotatable bonds is 1. The number of halogens is 3. The zero-order valence-corrected chi connectivity index (χ0v) is 8.14. The first-order valence-corrected chi connectivity index (χ1v) is 4.17. The minimum Gasteiger partial charge on any atom is -0.322 e. The highest BCUT2D eigenvalue weighted by molar-refractivity contribution is 5.19. The second-order valence-electron chi connectivity index (χ2n) is 3.21. The summed E-state index contributed by atoms with van der Waals surface area (Å²) in [6.45, 7) is 2.51. The minimum absolute atomic E-state index is 0.169. The van der Waals surface area contributed by atoms with Gasteiger partial charge < -0.3 is 10.7 Å². The Hall–Kier alpha value is -1.37. The summed E-state index contributed by atoms with van der Waals surface area (Å²) in [5, 5.41) is 0. The molecule has 0 bridgehead atoms. The van der Waals surface area contributed by atoms with E-state index in [0.717, 1.165) is 6.92 Å². The van der Waals surface area contributed by atoms with Crippen molar-refractivity contribution in [2.75, 3.05) is 0 Å². The van der Waals surface area contributed by atoms with Crippen LogP contribution in [0.4, 0.5) is 13.2 Å². The minimum atomic E-state index is -4.64. The molecule has 0 saturated heterocycles. The van der Waals surface area contributed by atoms with E-state index in [1.54, 1.807) is 0 Å². The fourth-order valence-electron chi connectivity index (χ4n) is 1.04. The maximum Gasteiger partial charge on any atom is 0.433 e. The first-order valence-electron chi connectivity index (χ1n) is 4.17. The molecule has 7 heteroatoms. The zero-order chi connectivity index (χ0) is 11.8. The number of alkyl halides is 3. The molecule has 0 aliphatic heterocycles. The molecule has 0 amide bonds. The third kappa shape index (κ3) is 2.35. The Bertz CT molecular complexity index is 422. The van der Waals surface area contributed by atoms with E-state index < -0.39 is 29.0 Å². The van der Waals surface area contributed by atoms with E-state index in [1.807, 2.05) is 0 Å². The monoisotopic (exact) mass is 221 g/mol. The molecule has 0 fully saturated rings. The molecule has 0 spiro atoms. The average Bonchev–Trinajstić information content (AvgIpc) is 2.06. The van der Waals surface area contributed by atoms with E-state index in [9.17, 15) is 18.0 Å². The SMILES string of the molecule is Cc1c(C(F)(F)F)nc(C(C)N)[nH]c1=O. The molecule has 1 heterocycles. The van der Waals surface area contributed by atoms with Crippen LogP contribution >= 0.6 is 0 Å². The van der Waals surface area contributed by atoms with Crippen molar-refractivity contribution in [3.05, 3.63) is 27.4 Å². The van der Waals surface area contributed by atoms with E-state index in [4.69, 9.17) is 5.73 Å². The number of aromatic nitrogens is 2. The van der Waals surface area contributed by atoms with Crippen LogP contribution in [0.3, 0.4) is 0 Å². The summed E-state index contributed by atoms with van der Waals surface area (Å²) in [4.78, 5) is 16.7. The summed E-state index contributed by atoms with van der Waals surface area (Å²) in [6, 6.07) is -0.751. The predicted molar refractivity (Wildman–Crippen MR) is 47.2 cm³/mol. The van der Waals surface area contributed by atoms with Gasteiger partial charge in [-0.25, -0.2) is 4.98 Å². The van der Waals surface area contributed by atoms with Crippen LogP contribution < -0.4 is 11.3 Å². The molecular formula is C8H10F3N3O. The Morgan fingerprint density at radius 3 is 2.40 bits per heavy atom. The quantitative estimate of drug-likeness (QED) is 0.746. The summed E-state index contributed by atoms with van der Waals surface area (Å²) in [7, 11) is 0. The zero-order valence-electron chi connectivity index (χ0n) is 8.14. The van der Waals surface area contributed by atoms with Gasteiger partial charge in [0.25, 0.3) is 5.56 Å². The molecule has 84 valence electrons. The van der Waals surface area contributed by atoms with Crippen LogP contribution in [0.15, 0.2) is 4.79 Å². The Morgan fingerprint density at radius 1 is 1.47 bits per heavy atom. The lowest BCUT2D eigenvalue weighted by molar-refractivity contribution is -0.142. The molecule has 0 saturated carbocycles. The van der Waals surface area contributed by atoms with Crippen molar-refractivity contribution < 1.29 is 13.2 Å². The summed E-state index contributed by atoms with van der Waals surface area (Å²) in [6.07, 6.45) is -4.64. The van der Waals surface area contributed by atoms with Crippen LogP contribution in [0.1, 0.15) is 30.0 Å². The predicted octanol–water partition coefficient (Wildman–Crippen LogP) is 1.12. The second-order valence-corrected chi connectivity index (χ2v) is 3.21. The molecule has 1 atom stereocenters. The Labute approximate surface area is 83.3 Å². The van der Waals surface area contributed by atoms with Gasteiger partial charge in [0.2, 0.25) is 0 Å². The Kier molecular flexibility index (Phi) is 2.85. The fourth-order valence-corrected chi connectivity index (χ4v) is 1.04. The number of hydrogen-bond acceptors (Lipinski definition) is 3. The van der Waals surface area contributed by atoms with Gasteiger partial charge in [-0.2, -0.15) is 13.2 Å². The van der Waals surface area contributed by atoms with Gasteiger partial charge in [0.15, 0.2) is 5.69 Å². The topological polar surface area (TPSA) is 71.8 Å². The third-order valence-electron chi connectivity index (χ3n) is 1.87. The molecular weight excluding hydrogens is 211 g/mol. The molecule has 15 heavy (non-hydrogen) atoms. The molecule has 1 aromatic heterocycles. The van der Waals surface area contributed by atoms with E-state index in [2.05, 4.69) is 9.97 Å². The fraction of sp³-hybridized carbons (Fsp3) is 0.500. The van der Waals surface area contributed by atoms with Gasteiger partial charge in [-0.3, -0.25) is 4.79 Å². The van der Waals surface area contributed by atoms with Gasteiger partial charge >= 0.3 is 6.18 Å². The Morgan fingerprint density at radius 2 is 2.00 bits per heavy atom. The van der Waals surface area contributed by atoms with Gasteiger partial charge in [0.1, 0.15) is 5.82 Å². The average molecular weight is 221 g/mol. The van der Waals surface area contributed by atoms with Crippen LogP contribution in [0.2, 0.25) is 0 Å². The molecule has 1 aromatic rings. The lowest BCUT2D eigenvalue weighted by atomic mass is 10.2. The number of hydrogen-bond donors (Lipinski definition) is 2. The van der Waals surface area contributed by atoms with Crippen molar-refractivity contribution in [2.45, 2.75) is 26.1 Å². The van der Waals surface area contributed by atoms with Crippen LogP contribution in [-0.2, 0) is 6.18 Å². The van der Waals surface area contributed by atoms with E-state index in [0.29, 0.717) is 0 Å². The lowest BCUT2D eigenvalue weighted by Crippen LogP contribution is -2.25. The van der Waals surface area contributed by atoms with Crippen molar-refractivity contribution in [3.8, 4) is 0 Å². The lowest BCUT2D eigenvalue weighted by Gasteiger charge is -2.11. The van der Waals surface area contributed by atoms with Crippen molar-refractivity contribution in [3.63, 3.8) is 0 Å². The van der Waals surface area contributed by atoms with Crippen molar-refractivity contribution in [1.29, 1.82) is 0 Å². The van der Waals surface area contributed by atoms with Crippen LogP contribution in [-0.4, -0.2) is 9.97 Å². The largest absolute Gasteiger partial charge is 0.433 e. The molecule has 1 unspecified atom stereocenters. The first kappa shape index (κ1) is 11.7. The molecule has 3 N–H and O–H groups in total. The standard InChI is InChI=1S/C8H10F3N3O/c1-3-5(8(9,10)11)13-6(4(2)12)14-7(3)15/h4H,12H2,1-2H3,(H,13,14,15). The van der Waals surface area contributed by atoms with Gasteiger partial charge in [0.05, 0.1) is 6.04 Å². The Balaban J connectivity index is 3.46. The molecule has 4 nitrogen and oxygen atoms in total. The highest BCUT2D eigenvalue weighted by atomic mass is 19.4. The highest BCUT2D eigenvalue weighted by Gasteiger charge is 2.36. The maximum atomic E-state index is 12.4. The van der Waals surface area contributed by atoms with Crippen molar-refractivity contribution in [2.24, 2.45) is 5.73 Å². The number of nitrogens with one attached hydrogen (secondary N) is 1. The smallest absolute Gasteiger partial charge is 0.322 e. The first-order chi connectivity index (χ1) is 6.73. The molecule has 0 aromatic carbocycles. The molecule has 0 aliphatic carbocycles. The van der Waals surface area contributed by atoms with Crippen molar-refractivity contribution >= 4 is 0 Å². The third-order valence-corrected chi connectivity index (χ3v) is 1.87. The second kappa shape index (κ2) is 3.65. The number of nitrogens with two attached hydrogens (primary N) is 1. The maximum absolute atomic E-state index is 12.4.